The second kappa shape index (κ2) is 12.3. The van der Waals surface area contributed by atoms with E-state index in [-0.39, 0.29) is 17.5 Å². The molecule has 7 nitrogen and oxygen atoms in total. The number of nitrogens with zero attached hydrogens (tertiary/aromatic N) is 3. The molecule has 0 unspecified atom stereocenters. The second-order valence-corrected chi connectivity index (χ2v) is 12.3. The number of fused-ring (bicyclic) bond motifs is 2. The summed E-state index contributed by atoms with van der Waals surface area (Å²) in [5.41, 5.74) is 5.24. The third-order valence-electron chi connectivity index (χ3n) is 7.90. The lowest BCUT2D eigenvalue weighted by molar-refractivity contribution is -0.143. The highest BCUT2D eigenvalue weighted by Crippen LogP contribution is 2.32. The Bertz CT molecular complexity index is 2120. The van der Waals surface area contributed by atoms with Crippen LogP contribution >= 0.6 is 11.3 Å². The Morgan fingerprint density at radius 3 is 2.44 bits per heavy atom. The topological polar surface area (TPSA) is 74.8 Å². The zero-order valence-corrected chi connectivity index (χ0v) is 26.7. The molecular formula is C36H34FN3O4S. The highest BCUT2D eigenvalue weighted by atomic mass is 32.1. The van der Waals surface area contributed by atoms with Crippen molar-refractivity contribution in [3.05, 3.63) is 132 Å². The lowest BCUT2D eigenvalue weighted by Gasteiger charge is -2.25. The van der Waals surface area contributed by atoms with E-state index in [9.17, 15) is 14.0 Å². The first-order chi connectivity index (χ1) is 21.7. The van der Waals surface area contributed by atoms with Crippen LogP contribution in [0.3, 0.4) is 0 Å². The minimum atomic E-state index is -0.716. The molecule has 3 heterocycles. The average Bonchev–Trinajstić information content (AvgIpc) is 3.46. The number of esters is 1. The van der Waals surface area contributed by atoms with Gasteiger partial charge in [-0.2, -0.15) is 0 Å². The zero-order valence-electron chi connectivity index (χ0n) is 25.8. The molecule has 0 amide bonds. The Morgan fingerprint density at radius 1 is 1.04 bits per heavy atom. The Hall–Kier alpha value is -4.76. The highest BCUT2D eigenvalue weighted by molar-refractivity contribution is 7.07. The van der Waals surface area contributed by atoms with E-state index in [0.29, 0.717) is 39.5 Å². The summed E-state index contributed by atoms with van der Waals surface area (Å²) in [5, 5.41) is 1.00. The minimum Gasteiger partial charge on any atom is -0.494 e. The number of allylic oxidation sites excluding steroid dienone is 1. The van der Waals surface area contributed by atoms with Gasteiger partial charge in [0, 0.05) is 28.7 Å². The second-order valence-electron chi connectivity index (χ2n) is 11.3. The van der Waals surface area contributed by atoms with Crippen LogP contribution in [0.2, 0.25) is 0 Å². The molecule has 0 radical (unpaired) electrons. The predicted octanol–water partition coefficient (Wildman–Crippen LogP) is 6.04. The van der Waals surface area contributed by atoms with Gasteiger partial charge >= 0.3 is 5.97 Å². The van der Waals surface area contributed by atoms with Crippen LogP contribution in [-0.2, 0) is 16.1 Å². The standard InChI is InChI=1S/C36H34FN3O4S/c1-6-43-27-17-13-25(14-18-27)33-32(35(42)44-21(2)3)22(4)38-36-40(33)34(41)31(45-36)19-29-23(5)39(30-10-8-7-9-28(29)30)20-24-11-15-26(37)16-12-24/h7-19,21,33H,6,20H2,1-5H3/b31-19+/t33-/m1/s1. The highest BCUT2D eigenvalue weighted by Gasteiger charge is 2.34. The van der Waals surface area contributed by atoms with Crippen molar-refractivity contribution in [2.24, 2.45) is 4.99 Å². The van der Waals surface area contributed by atoms with Crippen LogP contribution < -0.4 is 19.6 Å². The Labute approximate surface area is 264 Å². The number of rotatable bonds is 8. The van der Waals surface area contributed by atoms with E-state index in [2.05, 4.69) is 4.57 Å². The monoisotopic (exact) mass is 623 g/mol. The van der Waals surface area contributed by atoms with E-state index >= 15 is 0 Å². The van der Waals surface area contributed by atoms with Gasteiger partial charge in [0.05, 0.1) is 34.6 Å². The fourth-order valence-electron chi connectivity index (χ4n) is 5.84. The summed E-state index contributed by atoms with van der Waals surface area (Å²) in [4.78, 5) is 33.0. The fraction of sp³-hybridized carbons (Fsp3) is 0.250. The lowest BCUT2D eigenvalue weighted by Crippen LogP contribution is -2.40. The van der Waals surface area contributed by atoms with Crippen molar-refractivity contribution in [3.8, 4) is 5.75 Å². The third-order valence-corrected chi connectivity index (χ3v) is 8.88. The van der Waals surface area contributed by atoms with Gasteiger partial charge in [0.1, 0.15) is 11.6 Å². The minimum absolute atomic E-state index is 0.241. The first kappa shape index (κ1) is 30.3. The number of hydrogen-bond acceptors (Lipinski definition) is 6. The summed E-state index contributed by atoms with van der Waals surface area (Å²) >= 11 is 1.30. The number of ether oxygens (including phenoxy) is 2. The molecule has 0 N–H and O–H groups in total. The summed E-state index contributed by atoms with van der Waals surface area (Å²) in [7, 11) is 0. The zero-order chi connectivity index (χ0) is 31.8. The van der Waals surface area contributed by atoms with Gasteiger partial charge in [-0.15, -0.1) is 0 Å². The normalized spacial score (nSPS) is 15.0. The van der Waals surface area contributed by atoms with Crippen molar-refractivity contribution in [3.63, 3.8) is 0 Å². The van der Waals surface area contributed by atoms with Crippen molar-refractivity contribution in [1.82, 2.24) is 9.13 Å². The number of benzene rings is 3. The molecule has 2 aromatic heterocycles. The molecule has 9 heteroatoms. The van der Waals surface area contributed by atoms with Crippen molar-refractivity contribution in [1.29, 1.82) is 0 Å². The van der Waals surface area contributed by atoms with Crippen LogP contribution in [-0.4, -0.2) is 27.8 Å². The molecule has 0 saturated heterocycles. The van der Waals surface area contributed by atoms with Gasteiger partial charge in [0.15, 0.2) is 4.80 Å². The van der Waals surface area contributed by atoms with E-state index in [0.717, 1.165) is 33.3 Å². The maximum Gasteiger partial charge on any atom is 0.338 e. The number of hydrogen-bond donors (Lipinski definition) is 0. The summed E-state index contributed by atoms with van der Waals surface area (Å²) in [6, 6.07) is 21.3. The van der Waals surface area contributed by atoms with E-state index in [4.69, 9.17) is 14.5 Å². The van der Waals surface area contributed by atoms with E-state index < -0.39 is 12.0 Å². The smallest absolute Gasteiger partial charge is 0.338 e. The number of halogens is 1. The van der Waals surface area contributed by atoms with Crippen LogP contribution in [0.15, 0.2) is 93.9 Å². The molecule has 1 aliphatic rings. The molecule has 5 aromatic rings. The summed E-state index contributed by atoms with van der Waals surface area (Å²) < 4.78 is 29.1. The van der Waals surface area contributed by atoms with Crippen LogP contribution in [0, 0.1) is 12.7 Å². The van der Waals surface area contributed by atoms with Gasteiger partial charge in [0.2, 0.25) is 0 Å². The number of aromatic nitrogens is 2. The predicted molar refractivity (Wildman–Crippen MR) is 175 cm³/mol. The largest absolute Gasteiger partial charge is 0.494 e. The maximum absolute atomic E-state index is 14.3. The molecule has 0 aliphatic carbocycles. The Morgan fingerprint density at radius 2 is 1.76 bits per heavy atom. The average molecular weight is 624 g/mol. The van der Waals surface area contributed by atoms with Gasteiger partial charge < -0.3 is 14.0 Å². The fourth-order valence-corrected chi connectivity index (χ4v) is 6.86. The molecular weight excluding hydrogens is 589 g/mol. The van der Waals surface area contributed by atoms with Crippen molar-refractivity contribution in [2.45, 2.75) is 53.3 Å². The molecule has 6 rings (SSSR count). The molecule has 0 fully saturated rings. The quantitative estimate of drug-likeness (QED) is 0.198. The van der Waals surface area contributed by atoms with Crippen LogP contribution in [0.4, 0.5) is 4.39 Å². The van der Waals surface area contributed by atoms with Gasteiger partial charge in [-0.1, -0.05) is 53.8 Å². The molecule has 0 saturated carbocycles. The number of thiazole rings is 1. The molecule has 45 heavy (non-hydrogen) atoms. The van der Waals surface area contributed by atoms with Crippen LogP contribution in [0.1, 0.15) is 56.1 Å². The molecule has 1 atom stereocenters. The van der Waals surface area contributed by atoms with Gasteiger partial charge in [0.25, 0.3) is 5.56 Å². The molecule has 230 valence electrons. The van der Waals surface area contributed by atoms with Crippen molar-refractivity contribution >= 4 is 34.3 Å². The van der Waals surface area contributed by atoms with Gasteiger partial charge in [-0.3, -0.25) is 9.36 Å². The third kappa shape index (κ3) is 5.76. The SMILES string of the molecule is CCOc1ccc([C@@H]2C(C(=O)OC(C)C)=C(C)N=c3s/c(=C/c4c(C)n(Cc5ccc(F)cc5)c5ccccc45)c(=O)n32)cc1. The first-order valence-electron chi connectivity index (χ1n) is 14.9. The molecule has 0 spiro atoms. The van der Waals surface area contributed by atoms with Crippen molar-refractivity contribution < 1.29 is 18.7 Å². The Kier molecular flexibility index (Phi) is 8.29. The van der Waals surface area contributed by atoms with Crippen LogP contribution in [0.5, 0.6) is 5.75 Å². The van der Waals surface area contributed by atoms with Gasteiger partial charge in [-0.25, -0.2) is 14.2 Å². The van der Waals surface area contributed by atoms with Gasteiger partial charge in [-0.05, 0) is 82.2 Å². The number of para-hydroxylation sites is 1. The maximum atomic E-state index is 14.3. The Balaban J connectivity index is 1.52. The molecule has 1 aliphatic heterocycles. The summed E-state index contributed by atoms with van der Waals surface area (Å²) in [5.74, 6) is -0.0735. The van der Waals surface area contributed by atoms with Crippen LogP contribution in [0.25, 0.3) is 17.0 Å². The van der Waals surface area contributed by atoms with Crippen molar-refractivity contribution in [2.75, 3.05) is 6.61 Å². The molecule has 0 bridgehead atoms. The lowest BCUT2D eigenvalue weighted by atomic mass is 9.96. The van der Waals surface area contributed by atoms with E-state index in [1.807, 2.05) is 68.5 Å². The molecule has 3 aromatic carbocycles. The number of carbonyl (C=O) groups is 1. The first-order valence-corrected chi connectivity index (χ1v) is 15.8. The van der Waals surface area contributed by atoms with E-state index in [1.165, 1.54) is 23.5 Å². The van der Waals surface area contributed by atoms with E-state index in [1.54, 1.807) is 37.5 Å². The summed E-state index contributed by atoms with van der Waals surface area (Å²) in [6.45, 7) is 10.4. The summed E-state index contributed by atoms with van der Waals surface area (Å²) in [6.07, 6.45) is 1.59. The number of carbonyl (C=O) groups excluding carboxylic acids is 1.